The van der Waals surface area contributed by atoms with E-state index in [9.17, 15) is 14.4 Å². The van der Waals surface area contributed by atoms with Gasteiger partial charge in [-0.05, 0) is 87.6 Å². The van der Waals surface area contributed by atoms with Crippen molar-refractivity contribution in [1.82, 2.24) is 43.4 Å². The summed E-state index contributed by atoms with van der Waals surface area (Å²) >= 11 is 0. The van der Waals surface area contributed by atoms with Crippen molar-refractivity contribution in [2.75, 3.05) is 51.8 Å². The van der Waals surface area contributed by atoms with Crippen LogP contribution in [0.2, 0.25) is 0 Å². The molecule has 1 N–H and O–H groups in total. The van der Waals surface area contributed by atoms with Crippen LogP contribution in [0.1, 0.15) is 97.7 Å². The minimum atomic E-state index is -2.70. The van der Waals surface area contributed by atoms with Crippen molar-refractivity contribution in [2.45, 2.75) is 83.3 Å². The van der Waals surface area contributed by atoms with E-state index in [0.717, 1.165) is 81.6 Å². The highest BCUT2D eigenvalue weighted by Gasteiger charge is 2.35. The lowest BCUT2D eigenvalue weighted by Gasteiger charge is -2.33. The first-order chi connectivity index (χ1) is 32.0. The normalized spacial score (nSPS) is 18.1. The SMILES string of the molecule is C=Cc1c(/C=C\CC#CCN2CCC(n3nc(N4CCCc5cc(-c6cc7nccn7cc6OC)c(C(F)F)cc54)c4c3CCN(C)C4)CC2)n(C2CCC(=O)NC2=O)c(=O)n1C.CC=O. The van der Waals surface area contributed by atoms with E-state index >= 15 is 8.78 Å². The second-order valence-electron chi connectivity index (χ2n) is 17.1. The number of allylic oxidation sites excluding steroid dienone is 1. The number of amides is 2. The van der Waals surface area contributed by atoms with Gasteiger partial charge in [0.05, 0.1) is 37.3 Å². The number of benzene rings is 1. The minimum Gasteiger partial charge on any atom is -0.495 e. The van der Waals surface area contributed by atoms with Crippen LogP contribution in [0.4, 0.5) is 20.3 Å². The van der Waals surface area contributed by atoms with Crippen molar-refractivity contribution in [2.24, 2.45) is 7.05 Å². The number of ether oxygens (including phenoxy) is 1. The molecule has 0 bridgehead atoms. The van der Waals surface area contributed by atoms with Crippen LogP contribution in [-0.4, -0.2) is 103 Å². The summed E-state index contributed by atoms with van der Waals surface area (Å²) < 4.78 is 42.8. The van der Waals surface area contributed by atoms with Crippen LogP contribution in [0.3, 0.4) is 0 Å². The molecule has 2 fully saturated rings. The van der Waals surface area contributed by atoms with Crippen LogP contribution >= 0.6 is 0 Å². The fourth-order valence-corrected chi connectivity index (χ4v) is 9.77. The van der Waals surface area contributed by atoms with Crippen molar-refractivity contribution in [3.8, 4) is 28.7 Å². The van der Waals surface area contributed by atoms with E-state index in [4.69, 9.17) is 14.6 Å². The van der Waals surface area contributed by atoms with Crippen LogP contribution < -0.4 is 20.6 Å². The van der Waals surface area contributed by atoms with E-state index in [1.54, 1.807) is 51.0 Å². The number of halogens is 2. The number of anilines is 2. The summed E-state index contributed by atoms with van der Waals surface area (Å²) in [4.78, 5) is 57.6. The van der Waals surface area contributed by atoms with Gasteiger partial charge in [-0.1, -0.05) is 24.5 Å². The average molecular weight is 903 g/mol. The molecule has 0 radical (unpaired) electrons. The van der Waals surface area contributed by atoms with Crippen LogP contribution in [0.5, 0.6) is 5.75 Å². The first-order valence-electron chi connectivity index (χ1n) is 22.5. The lowest BCUT2D eigenvalue weighted by Crippen LogP contribution is -2.44. The van der Waals surface area contributed by atoms with E-state index in [1.165, 1.54) is 27.3 Å². The molecule has 66 heavy (non-hydrogen) atoms. The molecule has 8 heterocycles. The molecule has 1 atom stereocenters. The summed E-state index contributed by atoms with van der Waals surface area (Å²) in [5.74, 6) is 7.11. The second kappa shape index (κ2) is 19.8. The van der Waals surface area contributed by atoms with Gasteiger partial charge in [0.1, 0.15) is 23.7 Å². The fourth-order valence-electron chi connectivity index (χ4n) is 9.77. The summed E-state index contributed by atoms with van der Waals surface area (Å²) in [6.45, 7) is 10.0. The highest BCUT2D eigenvalue weighted by Crippen LogP contribution is 2.45. The topological polar surface area (TPSA) is 144 Å². The smallest absolute Gasteiger partial charge is 0.329 e. The highest BCUT2D eigenvalue weighted by atomic mass is 19.3. The predicted molar refractivity (Wildman–Crippen MR) is 249 cm³/mol. The highest BCUT2D eigenvalue weighted by molar-refractivity contribution is 5.99. The summed E-state index contributed by atoms with van der Waals surface area (Å²) in [6.07, 6.45) is 13.8. The number of nitrogens with zero attached hydrogens (tertiary/aromatic N) is 9. The Morgan fingerprint density at radius 1 is 1.00 bits per heavy atom. The zero-order valence-corrected chi connectivity index (χ0v) is 37.9. The molecule has 4 aromatic heterocycles. The Morgan fingerprint density at radius 2 is 1.79 bits per heavy atom. The molecular formula is C49H56F2N10O5. The standard InChI is InChI=1S/C47H52F2N10O4.C2H4O/c1-5-36-38(58(47(62)54(36)3)39-13-14-43(60)51-46(39)61)12-8-6-7-9-19-55-22-15-31(16-23-55)59-37-17-21-53(2)28-35(37)45(52-59)57-20-10-11-30-25-32(34(44(48)49)26-40(30)57)33-27-42-50-18-24-56(42)29-41(33)63-4;1-2-3/h5,8,12,18,24-27,29,31,39,44H,1,6,10-11,13-17,19-23,28H2,2-4H3,(H,51,60,61);2H,1H3/b12-8-;. The molecule has 0 spiro atoms. The van der Waals surface area contributed by atoms with Crippen molar-refractivity contribution in [3.63, 3.8) is 0 Å². The van der Waals surface area contributed by atoms with E-state index in [1.807, 2.05) is 22.6 Å². The van der Waals surface area contributed by atoms with Gasteiger partial charge in [-0.15, -0.1) is 0 Å². The van der Waals surface area contributed by atoms with E-state index < -0.39 is 18.4 Å². The van der Waals surface area contributed by atoms with Gasteiger partial charge in [0.25, 0.3) is 6.43 Å². The van der Waals surface area contributed by atoms with Crippen LogP contribution in [0.15, 0.2) is 54.2 Å². The van der Waals surface area contributed by atoms with Gasteiger partial charge >= 0.3 is 5.69 Å². The Balaban J connectivity index is 0.00000192. The van der Waals surface area contributed by atoms with Crippen LogP contribution in [0.25, 0.3) is 28.9 Å². The number of likely N-dealkylation sites (N-methyl/N-ethyl adjacent to an activating group) is 1. The minimum absolute atomic E-state index is 0.0412. The maximum Gasteiger partial charge on any atom is 0.329 e. The number of likely N-dealkylation sites (tertiary alicyclic amines) is 1. The van der Waals surface area contributed by atoms with Crippen LogP contribution in [0, 0.1) is 11.8 Å². The van der Waals surface area contributed by atoms with Gasteiger partial charge in [0, 0.05) is 99.5 Å². The number of carbonyl (C=O) groups excluding carboxylic acids is 3. The van der Waals surface area contributed by atoms with Crippen molar-refractivity contribution < 1.29 is 27.9 Å². The third kappa shape index (κ3) is 8.99. The number of hydrogen-bond acceptors (Lipinski definition) is 10. The van der Waals surface area contributed by atoms with Gasteiger partial charge in [0.2, 0.25) is 11.8 Å². The summed E-state index contributed by atoms with van der Waals surface area (Å²) in [5, 5.41) is 7.72. The van der Waals surface area contributed by atoms with Gasteiger partial charge in [-0.3, -0.25) is 33.6 Å². The third-order valence-electron chi connectivity index (χ3n) is 13.0. The number of pyridine rings is 1. The molecule has 9 rings (SSSR count). The first-order valence-corrected chi connectivity index (χ1v) is 22.5. The first kappa shape index (κ1) is 45.9. The summed E-state index contributed by atoms with van der Waals surface area (Å²) in [6, 6.07) is 4.85. The predicted octanol–water partition coefficient (Wildman–Crippen LogP) is 6.29. The van der Waals surface area contributed by atoms with E-state index in [0.29, 0.717) is 53.4 Å². The molecule has 5 aromatic rings. The number of aryl methyl sites for hydroxylation is 1. The molecule has 15 nitrogen and oxygen atoms in total. The second-order valence-corrected chi connectivity index (χ2v) is 17.1. The zero-order valence-electron chi connectivity index (χ0n) is 37.9. The zero-order chi connectivity index (χ0) is 46.6. The number of piperidine rings is 2. The number of carbonyl (C=O) groups is 3. The number of hydrogen-bond donors (Lipinski definition) is 1. The molecule has 346 valence electrons. The number of imidazole rings is 2. The number of imide groups is 1. The Hall–Kier alpha value is -6.64. The number of alkyl halides is 2. The monoisotopic (exact) mass is 902 g/mol. The number of aromatic nitrogens is 6. The Bertz CT molecular complexity index is 2820. The van der Waals surface area contributed by atoms with Gasteiger partial charge in [-0.25, -0.2) is 18.6 Å². The molecular weight excluding hydrogens is 847 g/mol. The lowest BCUT2D eigenvalue weighted by atomic mass is 9.91. The third-order valence-corrected chi connectivity index (χ3v) is 13.0. The molecule has 1 aromatic carbocycles. The summed E-state index contributed by atoms with van der Waals surface area (Å²) in [7, 11) is 5.32. The largest absolute Gasteiger partial charge is 0.495 e. The van der Waals surface area contributed by atoms with Gasteiger partial charge < -0.3 is 23.7 Å². The fraction of sp³-hybridized carbons (Fsp3) is 0.429. The molecule has 0 saturated carbocycles. The lowest BCUT2D eigenvalue weighted by molar-refractivity contribution is -0.135. The number of rotatable bonds is 10. The quantitative estimate of drug-likeness (QED) is 0.0966. The van der Waals surface area contributed by atoms with Crippen molar-refractivity contribution >= 4 is 47.4 Å². The number of fused-ring (bicyclic) bond motifs is 3. The van der Waals surface area contributed by atoms with Crippen molar-refractivity contribution in [3.05, 3.63) is 93.7 Å². The molecule has 2 saturated heterocycles. The Kier molecular flexibility index (Phi) is 13.8. The maximum absolute atomic E-state index is 15.1. The van der Waals surface area contributed by atoms with E-state index in [2.05, 4.69) is 55.1 Å². The number of methoxy groups -OCH3 is 1. The molecule has 4 aliphatic rings. The molecule has 1 unspecified atom stereocenters. The molecule has 0 aliphatic carbocycles. The number of nitrogens with one attached hydrogen (secondary N) is 1. The maximum atomic E-state index is 15.1. The van der Waals surface area contributed by atoms with Gasteiger partial charge in [0.15, 0.2) is 5.82 Å². The number of aldehydes is 1. The van der Waals surface area contributed by atoms with Crippen LogP contribution in [-0.2, 0) is 40.8 Å². The average Bonchev–Trinajstić information content (AvgIpc) is 4.00. The van der Waals surface area contributed by atoms with Crippen molar-refractivity contribution in [1.29, 1.82) is 0 Å². The molecule has 17 heteroatoms. The Labute approximate surface area is 382 Å². The van der Waals surface area contributed by atoms with Gasteiger partial charge in [-0.2, -0.15) is 5.10 Å². The summed E-state index contributed by atoms with van der Waals surface area (Å²) in [5.41, 5.74) is 6.69. The van der Waals surface area contributed by atoms with E-state index in [-0.39, 0.29) is 36.0 Å². The molecule has 4 aliphatic heterocycles. The Morgan fingerprint density at radius 3 is 2.52 bits per heavy atom. The molecule has 2 amide bonds.